The van der Waals surface area contributed by atoms with Gasteiger partial charge in [0.05, 0.1) is 6.54 Å². The lowest BCUT2D eigenvalue weighted by atomic mass is 10.1. The van der Waals surface area contributed by atoms with Crippen LogP contribution in [0.2, 0.25) is 0 Å². The Labute approximate surface area is 146 Å². The second kappa shape index (κ2) is 8.11. The molecule has 0 bridgehead atoms. The summed E-state index contributed by atoms with van der Waals surface area (Å²) >= 11 is 0. The number of amides is 2. The summed E-state index contributed by atoms with van der Waals surface area (Å²) in [5.74, 6) is 0.227. The normalized spacial score (nSPS) is 17.6. The molecule has 1 aromatic carbocycles. The van der Waals surface area contributed by atoms with Gasteiger partial charge in [-0.05, 0) is 24.9 Å². The zero-order valence-electron chi connectivity index (χ0n) is 14.3. The van der Waals surface area contributed by atoms with Crippen LogP contribution in [0.5, 0.6) is 0 Å². The van der Waals surface area contributed by atoms with Gasteiger partial charge in [0.2, 0.25) is 0 Å². The average Bonchev–Trinajstić information content (AvgIpc) is 3.26. The van der Waals surface area contributed by atoms with Crippen molar-refractivity contribution < 1.29 is 13.7 Å². The van der Waals surface area contributed by atoms with Crippen LogP contribution < -0.4 is 5.32 Å². The van der Waals surface area contributed by atoms with Crippen LogP contribution in [-0.2, 0) is 13.1 Å². The number of rotatable bonds is 6. The number of hydrogen-bond acceptors (Lipinski definition) is 4. The molecule has 0 spiro atoms. The third kappa shape index (κ3) is 4.79. The number of urea groups is 1. The quantitative estimate of drug-likeness (QED) is 0.873. The van der Waals surface area contributed by atoms with E-state index < -0.39 is 0 Å². The first-order chi connectivity index (χ1) is 12.1. The van der Waals surface area contributed by atoms with E-state index in [1.165, 1.54) is 12.3 Å². The molecular formula is C18H23FN4O2. The van der Waals surface area contributed by atoms with Gasteiger partial charge in [0.1, 0.15) is 17.8 Å². The molecule has 2 heterocycles. The van der Waals surface area contributed by atoms with Crippen LogP contribution in [0.4, 0.5) is 9.18 Å². The molecule has 1 aliphatic heterocycles. The first kappa shape index (κ1) is 17.4. The lowest BCUT2D eigenvalue weighted by molar-refractivity contribution is 0.203. The second-order valence-corrected chi connectivity index (χ2v) is 6.51. The average molecular weight is 346 g/mol. The minimum absolute atomic E-state index is 0.129. The summed E-state index contributed by atoms with van der Waals surface area (Å²) < 4.78 is 18.5. The Hall–Kier alpha value is -2.41. The van der Waals surface area contributed by atoms with Gasteiger partial charge in [-0.3, -0.25) is 4.90 Å². The van der Waals surface area contributed by atoms with E-state index in [0.29, 0.717) is 25.6 Å². The third-order valence-electron chi connectivity index (χ3n) is 4.50. The van der Waals surface area contributed by atoms with Gasteiger partial charge in [-0.1, -0.05) is 23.4 Å². The molecule has 1 aromatic heterocycles. The minimum atomic E-state index is -0.159. The maximum absolute atomic E-state index is 13.7. The molecule has 1 saturated heterocycles. The van der Waals surface area contributed by atoms with Crippen LogP contribution in [0.15, 0.2) is 41.1 Å². The highest BCUT2D eigenvalue weighted by Gasteiger charge is 2.24. The number of halogens is 1. The largest absolute Gasteiger partial charge is 0.364 e. The Morgan fingerprint density at radius 1 is 1.44 bits per heavy atom. The SMILES string of the molecule is CN(Cc1ccon1)C(=O)NCC1CCN(Cc2ccccc2F)C1. The van der Waals surface area contributed by atoms with Crippen molar-refractivity contribution in [2.75, 3.05) is 26.7 Å². The monoisotopic (exact) mass is 346 g/mol. The van der Waals surface area contributed by atoms with E-state index in [0.717, 1.165) is 30.8 Å². The molecule has 1 atom stereocenters. The molecule has 0 saturated carbocycles. The number of benzene rings is 1. The van der Waals surface area contributed by atoms with Gasteiger partial charge in [0.25, 0.3) is 0 Å². The van der Waals surface area contributed by atoms with Crippen LogP contribution in [0.1, 0.15) is 17.7 Å². The predicted octanol–water partition coefficient (Wildman–Crippen LogP) is 2.48. The molecule has 2 aromatic rings. The molecule has 2 amide bonds. The maximum Gasteiger partial charge on any atom is 0.317 e. The first-order valence-corrected chi connectivity index (χ1v) is 8.46. The van der Waals surface area contributed by atoms with Crippen LogP contribution in [0, 0.1) is 11.7 Å². The highest BCUT2D eigenvalue weighted by Crippen LogP contribution is 2.19. The van der Waals surface area contributed by atoms with Gasteiger partial charge in [-0.2, -0.15) is 0 Å². The summed E-state index contributed by atoms with van der Waals surface area (Å²) in [6.45, 7) is 3.43. The molecule has 3 rings (SSSR count). The van der Waals surface area contributed by atoms with Crippen molar-refractivity contribution in [1.29, 1.82) is 0 Å². The van der Waals surface area contributed by atoms with Gasteiger partial charge in [0.15, 0.2) is 0 Å². The third-order valence-corrected chi connectivity index (χ3v) is 4.50. The maximum atomic E-state index is 13.7. The van der Waals surface area contributed by atoms with Gasteiger partial charge >= 0.3 is 6.03 Å². The molecule has 25 heavy (non-hydrogen) atoms. The van der Waals surface area contributed by atoms with Crippen LogP contribution >= 0.6 is 0 Å². The highest BCUT2D eigenvalue weighted by molar-refractivity contribution is 5.73. The fourth-order valence-corrected chi connectivity index (χ4v) is 3.09. The van der Waals surface area contributed by atoms with E-state index in [1.54, 1.807) is 24.1 Å². The van der Waals surface area contributed by atoms with Crippen LogP contribution in [0.25, 0.3) is 0 Å². The molecule has 1 unspecified atom stereocenters. The van der Waals surface area contributed by atoms with Gasteiger partial charge < -0.3 is 14.7 Å². The van der Waals surface area contributed by atoms with Crippen molar-refractivity contribution in [2.24, 2.45) is 5.92 Å². The molecule has 134 valence electrons. The molecule has 1 N–H and O–H groups in total. The molecule has 7 heteroatoms. The van der Waals surface area contributed by atoms with E-state index in [4.69, 9.17) is 4.52 Å². The highest BCUT2D eigenvalue weighted by atomic mass is 19.1. The topological polar surface area (TPSA) is 61.6 Å². The zero-order chi connectivity index (χ0) is 17.6. The van der Waals surface area contributed by atoms with E-state index in [2.05, 4.69) is 15.4 Å². The van der Waals surface area contributed by atoms with E-state index in [-0.39, 0.29) is 11.8 Å². The predicted molar refractivity (Wildman–Crippen MR) is 91.2 cm³/mol. The number of likely N-dealkylation sites (tertiary alicyclic amines) is 1. The van der Waals surface area contributed by atoms with E-state index in [1.807, 2.05) is 12.1 Å². The number of carbonyl (C=O) groups is 1. The summed E-state index contributed by atoms with van der Waals surface area (Å²) in [5.41, 5.74) is 1.44. The Morgan fingerprint density at radius 2 is 2.28 bits per heavy atom. The van der Waals surface area contributed by atoms with Crippen LogP contribution in [-0.4, -0.2) is 47.7 Å². The molecule has 1 aliphatic rings. The smallest absolute Gasteiger partial charge is 0.317 e. The van der Waals surface area contributed by atoms with E-state index >= 15 is 0 Å². The first-order valence-electron chi connectivity index (χ1n) is 8.46. The summed E-state index contributed by atoms with van der Waals surface area (Å²) in [4.78, 5) is 15.9. The van der Waals surface area contributed by atoms with Crippen LogP contribution in [0.3, 0.4) is 0 Å². The Morgan fingerprint density at radius 3 is 3.04 bits per heavy atom. The molecule has 6 nitrogen and oxygen atoms in total. The van der Waals surface area contributed by atoms with E-state index in [9.17, 15) is 9.18 Å². The Bertz CT molecular complexity index is 692. The zero-order valence-corrected chi connectivity index (χ0v) is 14.3. The number of hydrogen-bond donors (Lipinski definition) is 1. The summed E-state index contributed by atoms with van der Waals surface area (Å²) in [6.07, 6.45) is 2.49. The molecule has 1 fully saturated rings. The Kier molecular flexibility index (Phi) is 5.65. The Balaban J connectivity index is 1.41. The second-order valence-electron chi connectivity index (χ2n) is 6.51. The van der Waals surface area contributed by atoms with Crippen molar-refractivity contribution >= 4 is 6.03 Å². The van der Waals surface area contributed by atoms with Crippen molar-refractivity contribution in [3.05, 3.63) is 53.7 Å². The van der Waals surface area contributed by atoms with Gasteiger partial charge in [-0.25, -0.2) is 9.18 Å². The summed E-state index contributed by atoms with van der Waals surface area (Å²) in [7, 11) is 1.73. The fraction of sp³-hybridized carbons (Fsp3) is 0.444. The van der Waals surface area contributed by atoms with Crippen molar-refractivity contribution in [1.82, 2.24) is 20.3 Å². The number of carbonyl (C=O) groups excluding carboxylic acids is 1. The number of nitrogens with one attached hydrogen (secondary N) is 1. The lowest BCUT2D eigenvalue weighted by Crippen LogP contribution is -2.39. The minimum Gasteiger partial charge on any atom is -0.364 e. The molecule has 0 radical (unpaired) electrons. The molecule has 0 aliphatic carbocycles. The van der Waals surface area contributed by atoms with Gasteiger partial charge in [0, 0.05) is 38.3 Å². The van der Waals surface area contributed by atoms with Crippen molar-refractivity contribution in [3.8, 4) is 0 Å². The summed E-state index contributed by atoms with van der Waals surface area (Å²) in [5, 5.41) is 6.76. The number of aromatic nitrogens is 1. The fourth-order valence-electron chi connectivity index (χ4n) is 3.09. The lowest BCUT2D eigenvalue weighted by Gasteiger charge is -2.19. The van der Waals surface area contributed by atoms with Gasteiger partial charge in [-0.15, -0.1) is 0 Å². The standard InChI is InChI=1S/C18H23FN4O2/c1-22(13-16-7-9-25-21-16)18(24)20-10-14-6-8-23(11-14)12-15-4-2-3-5-17(15)19/h2-5,7,9,14H,6,8,10-13H2,1H3,(H,20,24). The van der Waals surface area contributed by atoms with Crippen molar-refractivity contribution in [2.45, 2.75) is 19.5 Å². The summed E-state index contributed by atoms with van der Waals surface area (Å²) in [6, 6.07) is 8.49. The molecular weight excluding hydrogens is 323 g/mol. The number of nitrogens with zero attached hydrogens (tertiary/aromatic N) is 3. The van der Waals surface area contributed by atoms with Crippen molar-refractivity contribution in [3.63, 3.8) is 0 Å².